The van der Waals surface area contributed by atoms with E-state index >= 15 is 0 Å². The molecule has 154 valence electrons. The van der Waals surface area contributed by atoms with Crippen molar-refractivity contribution >= 4 is 17.3 Å². The molecule has 0 spiro atoms. The van der Waals surface area contributed by atoms with Gasteiger partial charge in [-0.15, -0.1) is 0 Å². The van der Waals surface area contributed by atoms with E-state index in [0.29, 0.717) is 5.92 Å². The minimum absolute atomic E-state index is 0.0199. The molecule has 0 atom stereocenters. The van der Waals surface area contributed by atoms with E-state index in [2.05, 4.69) is 20.6 Å². The van der Waals surface area contributed by atoms with E-state index in [4.69, 9.17) is 6.57 Å². The lowest BCUT2D eigenvalue weighted by Gasteiger charge is -2.25. The van der Waals surface area contributed by atoms with Gasteiger partial charge in [0.25, 0.3) is 5.91 Å². The summed E-state index contributed by atoms with van der Waals surface area (Å²) in [5, 5.41) is 10.1. The molecule has 2 aromatic rings. The van der Waals surface area contributed by atoms with Crippen molar-refractivity contribution in [3.8, 4) is 0 Å². The maximum absolute atomic E-state index is 13.2. The number of piperidine rings is 1. The zero-order valence-electron chi connectivity index (χ0n) is 16.2. The van der Waals surface area contributed by atoms with Gasteiger partial charge in [-0.25, -0.2) is 4.85 Å². The Morgan fingerprint density at radius 2 is 2.00 bits per heavy atom. The second kappa shape index (κ2) is 7.87. The molecule has 1 amide bonds. The molecule has 0 bridgehead atoms. The molecule has 1 aliphatic rings. The zero-order chi connectivity index (χ0) is 21.2. The largest absolute Gasteiger partial charge is 0.407 e. The number of hydrogen-bond donors (Lipinski definition) is 2. The number of benzene rings is 1. The number of alkyl halides is 3. The summed E-state index contributed by atoms with van der Waals surface area (Å²) in [7, 11) is 0. The van der Waals surface area contributed by atoms with Gasteiger partial charge in [0.1, 0.15) is 5.54 Å². The Hall–Kier alpha value is -2.86. The quantitative estimate of drug-likeness (QED) is 0.746. The first-order chi connectivity index (χ1) is 13.6. The summed E-state index contributed by atoms with van der Waals surface area (Å²) in [5.74, 6) is -0.125. The Balaban J connectivity index is 1.79. The molecule has 1 aromatic carbocycles. The third-order valence-electron chi connectivity index (χ3n) is 5.22. The van der Waals surface area contributed by atoms with E-state index in [9.17, 15) is 18.0 Å². The molecule has 2 N–H and O–H groups in total. The first kappa shape index (κ1) is 20.9. The van der Waals surface area contributed by atoms with Gasteiger partial charge in [0, 0.05) is 11.9 Å². The molecule has 0 unspecified atom stereocenters. The van der Waals surface area contributed by atoms with Crippen LogP contribution in [0.25, 0.3) is 4.85 Å². The number of carbonyl (C=O) groups is 1. The summed E-state index contributed by atoms with van der Waals surface area (Å²) in [6.07, 6.45) is 0.885. The summed E-state index contributed by atoms with van der Waals surface area (Å²) in [4.78, 5) is 15.7. The number of rotatable bonds is 4. The van der Waals surface area contributed by atoms with Gasteiger partial charge in [0.05, 0.1) is 18.3 Å². The average molecular weight is 405 g/mol. The molecule has 3 rings (SSSR count). The normalized spacial score (nSPS) is 15.7. The van der Waals surface area contributed by atoms with Gasteiger partial charge in [0.15, 0.2) is 5.69 Å². The fraction of sp³-hybridized carbons (Fsp3) is 0.450. The van der Waals surface area contributed by atoms with Crippen molar-refractivity contribution in [1.82, 2.24) is 15.1 Å². The molecule has 0 radical (unpaired) electrons. The highest BCUT2D eigenvalue weighted by Crippen LogP contribution is 2.38. The van der Waals surface area contributed by atoms with Gasteiger partial charge in [-0.05, 0) is 63.4 Å². The molecular formula is C20H22F3N5O. The van der Waals surface area contributed by atoms with Gasteiger partial charge < -0.3 is 10.6 Å². The zero-order valence-corrected chi connectivity index (χ0v) is 16.2. The third-order valence-corrected chi connectivity index (χ3v) is 5.22. The molecule has 2 heterocycles. The molecule has 29 heavy (non-hydrogen) atoms. The fourth-order valence-electron chi connectivity index (χ4n) is 3.33. The summed E-state index contributed by atoms with van der Waals surface area (Å²) >= 11 is 0. The van der Waals surface area contributed by atoms with Crippen molar-refractivity contribution in [2.45, 2.75) is 44.3 Å². The smallest absolute Gasteiger partial charge is 0.324 e. The second-order valence-electron chi connectivity index (χ2n) is 7.60. The Labute approximate surface area is 166 Å². The number of aromatic nitrogens is 2. The van der Waals surface area contributed by atoms with Crippen LogP contribution in [0.5, 0.6) is 0 Å². The van der Waals surface area contributed by atoms with Crippen LogP contribution in [0.15, 0.2) is 30.6 Å². The number of anilines is 1. The van der Waals surface area contributed by atoms with Gasteiger partial charge in [-0.1, -0.05) is 6.07 Å². The molecular weight excluding hydrogens is 383 g/mol. The van der Waals surface area contributed by atoms with Crippen molar-refractivity contribution in [3.63, 3.8) is 0 Å². The molecule has 1 saturated heterocycles. The van der Waals surface area contributed by atoms with Crippen molar-refractivity contribution in [2.24, 2.45) is 0 Å². The lowest BCUT2D eigenvalue weighted by molar-refractivity contribution is -0.136. The highest BCUT2D eigenvalue weighted by molar-refractivity contribution is 5.96. The Morgan fingerprint density at radius 1 is 1.31 bits per heavy atom. The van der Waals surface area contributed by atoms with Gasteiger partial charge in [-0.3, -0.25) is 9.48 Å². The molecule has 0 saturated carbocycles. The molecule has 1 aromatic heterocycles. The molecule has 0 aliphatic carbocycles. The number of halogens is 3. The van der Waals surface area contributed by atoms with Crippen LogP contribution >= 0.6 is 0 Å². The Kier molecular flexibility index (Phi) is 5.66. The molecule has 1 aliphatic heterocycles. The monoisotopic (exact) mass is 405 g/mol. The van der Waals surface area contributed by atoms with Gasteiger partial charge >= 0.3 is 6.18 Å². The summed E-state index contributed by atoms with van der Waals surface area (Å²) in [6.45, 7) is 12.1. The van der Waals surface area contributed by atoms with Crippen molar-refractivity contribution in [1.29, 1.82) is 0 Å². The first-order valence-electron chi connectivity index (χ1n) is 9.29. The van der Waals surface area contributed by atoms with Crippen molar-refractivity contribution in [2.75, 3.05) is 18.4 Å². The van der Waals surface area contributed by atoms with Gasteiger partial charge in [0.2, 0.25) is 0 Å². The summed E-state index contributed by atoms with van der Waals surface area (Å²) < 4.78 is 41.0. The second-order valence-corrected chi connectivity index (χ2v) is 7.60. The minimum Gasteiger partial charge on any atom is -0.324 e. The van der Waals surface area contributed by atoms with E-state index in [1.165, 1.54) is 10.7 Å². The first-order valence-corrected chi connectivity index (χ1v) is 9.29. The van der Waals surface area contributed by atoms with Crippen LogP contribution in [0.2, 0.25) is 0 Å². The third kappa shape index (κ3) is 4.43. The maximum Gasteiger partial charge on any atom is 0.407 e. The van der Waals surface area contributed by atoms with E-state index in [0.717, 1.165) is 43.6 Å². The lowest BCUT2D eigenvalue weighted by Crippen LogP contribution is -2.40. The highest BCUT2D eigenvalue weighted by Gasteiger charge is 2.35. The van der Waals surface area contributed by atoms with Crippen LogP contribution in [0.3, 0.4) is 0 Å². The predicted molar refractivity (Wildman–Crippen MR) is 103 cm³/mol. The standard InChI is InChI=1S/C20H22F3N5O/c1-19(2,28-12-14(11-26-28)13-6-8-25-9-7-13)18(29)27-15-4-5-17(24-3)16(10-15)20(21,22)23/h4-5,10-13,25H,6-9H2,1-2H3,(H,27,29). The van der Waals surface area contributed by atoms with Crippen molar-refractivity contribution < 1.29 is 18.0 Å². The maximum atomic E-state index is 13.2. The van der Waals surface area contributed by atoms with Crippen LogP contribution in [-0.2, 0) is 16.5 Å². The van der Waals surface area contributed by atoms with E-state index in [1.807, 2.05) is 6.20 Å². The SMILES string of the molecule is [C-]#[N+]c1ccc(NC(=O)C(C)(C)n2cc(C3CCNCC3)cn2)cc1C(F)(F)F. The Morgan fingerprint density at radius 3 is 2.62 bits per heavy atom. The molecule has 1 fully saturated rings. The van der Waals surface area contributed by atoms with E-state index < -0.39 is 28.9 Å². The van der Waals surface area contributed by atoms with E-state index in [1.54, 1.807) is 20.0 Å². The van der Waals surface area contributed by atoms with Crippen LogP contribution in [0.1, 0.15) is 43.7 Å². The van der Waals surface area contributed by atoms with Crippen LogP contribution in [0, 0.1) is 6.57 Å². The summed E-state index contributed by atoms with van der Waals surface area (Å²) in [5.41, 5.74) is -1.66. The average Bonchev–Trinajstić information content (AvgIpc) is 3.19. The van der Waals surface area contributed by atoms with Crippen LogP contribution < -0.4 is 10.6 Å². The predicted octanol–water partition coefficient (Wildman–Crippen LogP) is 4.29. The van der Waals surface area contributed by atoms with Crippen LogP contribution in [-0.4, -0.2) is 28.8 Å². The summed E-state index contributed by atoms with van der Waals surface area (Å²) in [6, 6.07) is 3.13. The van der Waals surface area contributed by atoms with Crippen LogP contribution in [0.4, 0.5) is 24.5 Å². The number of amides is 1. The number of hydrogen-bond acceptors (Lipinski definition) is 3. The minimum atomic E-state index is -4.68. The molecule has 6 nitrogen and oxygen atoms in total. The number of nitrogens with zero attached hydrogens (tertiary/aromatic N) is 3. The number of nitrogens with one attached hydrogen (secondary N) is 2. The lowest BCUT2D eigenvalue weighted by atomic mass is 9.92. The molecule has 9 heteroatoms. The fourth-order valence-corrected chi connectivity index (χ4v) is 3.33. The van der Waals surface area contributed by atoms with Crippen molar-refractivity contribution in [3.05, 3.63) is 53.1 Å². The van der Waals surface area contributed by atoms with Gasteiger partial charge in [-0.2, -0.15) is 18.3 Å². The number of carbonyl (C=O) groups excluding carboxylic acids is 1. The Bertz CT molecular complexity index is 936. The topological polar surface area (TPSA) is 63.3 Å². The van der Waals surface area contributed by atoms with E-state index in [-0.39, 0.29) is 5.69 Å². The highest BCUT2D eigenvalue weighted by atomic mass is 19.4.